The van der Waals surface area contributed by atoms with Gasteiger partial charge in [0.1, 0.15) is 0 Å². The van der Waals surface area contributed by atoms with E-state index in [1.54, 1.807) is 0 Å². The fourth-order valence-electron chi connectivity index (χ4n) is 1.07. The van der Waals surface area contributed by atoms with Crippen molar-refractivity contribution in [3.05, 3.63) is 0 Å². The van der Waals surface area contributed by atoms with Gasteiger partial charge in [-0.05, 0) is 18.3 Å². The molecular formula is C8H15N. The highest BCUT2D eigenvalue weighted by atomic mass is 14.9. The Hall–Kier alpha value is -0.330. The molecule has 0 bridgehead atoms. The second-order valence-corrected chi connectivity index (χ2v) is 3.10. The lowest BCUT2D eigenvalue weighted by Gasteiger charge is -2.24. The lowest BCUT2D eigenvalue weighted by Crippen LogP contribution is -2.22. The third-order valence-electron chi connectivity index (χ3n) is 2.63. The van der Waals surface area contributed by atoms with E-state index in [9.17, 15) is 0 Å². The molecule has 0 aliphatic carbocycles. The van der Waals surface area contributed by atoms with Gasteiger partial charge in [0.2, 0.25) is 0 Å². The number of nitrogens with zero attached hydrogens (tertiary/aromatic N) is 1. The average molecular weight is 125 g/mol. The van der Waals surface area contributed by atoms with Crippen LogP contribution >= 0.6 is 0 Å². The highest BCUT2D eigenvalue weighted by molar-refractivity contribution is 5.79. The molecule has 1 aliphatic heterocycles. The molecular weight excluding hydrogens is 110 g/mol. The zero-order valence-corrected chi connectivity index (χ0v) is 6.52. The molecule has 0 amide bonds. The smallest absolute Gasteiger partial charge is 0.0896 e. The molecule has 0 fully saturated rings. The first-order valence-electron chi connectivity index (χ1n) is 3.76. The number of hydrogen-bond donors (Lipinski definition) is 0. The van der Waals surface area contributed by atoms with Gasteiger partial charge in [-0.1, -0.05) is 20.8 Å². The molecule has 1 unspecified atom stereocenters. The molecule has 1 nitrogen and oxygen atoms in total. The average Bonchev–Trinajstić information content (AvgIpc) is 2.68. The minimum atomic E-state index is 0.472. The van der Waals surface area contributed by atoms with Crippen molar-refractivity contribution >= 4 is 6.21 Å². The fraction of sp³-hybridized carbons (Fsp3) is 0.875. The predicted molar refractivity (Wildman–Crippen MR) is 41.0 cm³/mol. The van der Waals surface area contributed by atoms with E-state index in [0.29, 0.717) is 11.5 Å². The van der Waals surface area contributed by atoms with Crippen LogP contribution in [0.5, 0.6) is 0 Å². The second kappa shape index (κ2) is 2.13. The standard InChI is InChI=1S/C8H15N/c1-4-8(3,5-2)7-6-9-7/h6-7H,4-5H2,1-3H3. The van der Waals surface area contributed by atoms with Gasteiger partial charge in [0.25, 0.3) is 0 Å². The van der Waals surface area contributed by atoms with Gasteiger partial charge in [-0.2, -0.15) is 0 Å². The molecule has 1 atom stereocenters. The van der Waals surface area contributed by atoms with E-state index < -0.39 is 0 Å². The van der Waals surface area contributed by atoms with Gasteiger partial charge >= 0.3 is 0 Å². The highest BCUT2D eigenvalue weighted by Gasteiger charge is 2.34. The summed E-state index contributed by atoms with van der Waals surface area (Å²) in [7, 11) is 0. The Morgan fingerprint density at radius 2 is 1.89 bits per heavy atom. The van der Waals surface area contributed by atoms with Crippen LogP contribution in [0.15, 0.2) is 4.99 Å². The SMILES string of the molecule is CCC(C)(CC)C1C=N1. The molecule has 0 aromatic rings. The quantitative estimate of drug-likeness (QED) is 0.548. The van der Waals surface area contributed by atoms with Crippen LogP contribution < -0.4 is 0 Å². The summed E-state index contributed by atoms with van der Waals surface area (Å²) < 4.78 is 0. The lowest BCUT2D eigenvalue weighted by molar-refractivity contribution is 0.301. The van der Waals surface area contributed by atoms with E-state index in [1.807, 2.05) is 0 Å². The highest BCUT2D eigenvalue weighted by Crippen LogP contribution is 2.35. The summed E-state index contributed by atoms with van der Waals surface area (Å²) in [4.78, 5) is 4.19. The maximum atomic E-state index is 4.19. The molecule has 1 heteroatoms. The minimum Gasteiger partial charge on any atom is -0.286 e. The fourth-order valence-corrected chi connectivity index (χ4v) is 1.07. The lowest BCUT2D eigenvalue weighted by atomic mass is 9.81. The summed E-state index contributed by atoms with van der Waals surface area (Å²) in [5, 5.41) is 0. The largest absolute Gasteiger partial charge is 0.286 e. The summed E-state index contributed by atoms with van der Waals surface area (Å²) in [6.07, 6.45) is 4.55. The summed E-state index contributed by atoms with van der Waals surface area (Å²) in [5.41, 5.74) is 0.472. The molecule has 0 saturated heterocycles. The van der Waals surface area contributed by atoms with Gasteiger partial charge in [-0.25, -0.2) is 0 Å². The number of rotatable bonds is 3. The molecule has 1 rings (SSSR count). The van der Waals surface area contributed by atoms with E-state index in [2.05, 4.69) is 32.0 Å². The van der Waals surface area contributed by atoms with Gasteiger partial charge in [0.05, 0.1) is 6.04 Å². The van der Waals surface area contributed by atoms with E-state index in [-0.39, 0.29) is 0 Å². The molecule has 0 aromatic heterocycles. The van der Waals surface area contributed by atoms with Crippen LogP contribution in [-0.2, 0) is 0 Å². The molecule has 0 saturated carbocycles. The van der Waals surface area contributed by atoms with Crippen molar-refractivity contribution in [2.24, 2.45) is 10.4 Å². The van der Waals surface area contributed by atoms with Crippen LogP contribution in [0.25, 0.3) is 0 Å². The number of hydrogen-bond acceptors (Lipinski definition) is 1. The predicted octanol–water partition coefficient (Wildman–Crippen LogP) is 2.27. The van der Waals surface area contributed by atoms with Crippen molar-refractivity contribution in [2.45, 2.75) is 39.7 Å². The Bertz CT molecular complexity index is 117. The van der Waals surface area contributed by atoms with Gasteiger partial charge in [-0.15, -0.1) is 0 Å². The Balaban J connectivity index is 2.44. The minimum absolute atomic E-state index is 0.472. The Kier molecular flexibility index (Phi) is 1.60. The van der Waals surface area contributed by atoms with Crippen LogP contribution in [0.2, 0.25) is 0 Å². The van der Waals surface area contributed by atoms with E-state index in [0.717, 1.165) is 0 Å². The van der Waals surface area contributed by atoms with Gasteiger partial charge in [0.15, 0.2) is 0 Å². The normalized spacial score (nSPS) is 24.6. The first kappa shape index (κ1) is 6.79. The third-order valence-corrected chi connectivity index (χ3v) is 2.63. The van der Waals surface area contributed by atoms with Gasteiger partial charge in [-0.3, -0.25) is 4.99 Å². The first-order valence-corrected chi connectivity index (χ1v) is 3.76. The maximum absolute atomic E-state index is 4.19. The van der Waals surface area contributed by atoms with E-state index >= 15 is 0 Å². The molecule has 0 radical (unpaired) electrons. The monoisotopic (exact) mass is 125 g/mol. The zero-order valence-electron chi connectivity index (χ0n) is 6.52. The number of aliphatic imine (C=N–C) groups is 1. The van der Waals surface area contributed by atoms with Crippen LogP contribution in [0.1, 0.15) is 33.6 Å². The summed E-state index contributed by atoms with van der Waals surface area (Å²) in [5.74, 6) is 0. The van der Waals surface area contributed by atoms with Gasteiger partial charge in [0, 0.05) is 6.21 Å². The molecule has 52 valence electrons. The van der Waals surface area contributed by atoms with Crippen LogP contribution in [0.3, 0.4) is 0 Å². The van der Waals surface area contributed by atoms with Crippen LogP contribution in [-0.4, -0.2) is 12.3 Å². The van der Waals surface area contributed by atoms with Crippen LogP contribution in [0, 0.1) is 5.41 Å². The maximum Gasteiger partial charge on any atom is 0.0896 e. The van der Waals surface area contributed by atoms with Crippen LogP contribution in [0.4, 0.5) is 0 Å². The molecule has 1 aliphatic rings. The molecule has 0 N–H and O–H groups in total. The van der Waals surface area contributed by atoms with Crippen molar-refractivity contribution in [1.29, 1.82) is 0 Å². The Morgan fingerprint density at radius 3 is 2.00 bits per heavy atom. The zero-order chi connectivity index (χ0) is 6.91. The molecule has 0 spiro atoms. The van der Waals surface area contributed by atoms with Crippen molar-refractivity contribution in [3.63, 3.8) is 0 Å². The Morgan fingerprint density at radius 1 is 1.44 bits per heavy atom. The van der Waals surface area contributed by atoms with Crippen molar-refractivity contribution in [1.82, 2.24) is 0 Å². The van der Waals surface area contributed by atoms with E-state index in [1.165, 1.54) is 12.8 Å². The van der Waals surface area contributed by atoms with E-state index in [4.69, 9.17) is 0 Å². The molecule has 1 heterocycles. The van der Waals surface area contributed by atoms with Crippen molar-refractivity contribution in [2.75, 3.05) is 0 Å². The summed E-state index contributed by atoms with van der Waals surface area (Å²) in [6.45, 7) is 6.79. The third kappa shape index (κ3) is 1.15. The van der Waals surface area contributed by atoms with Crippen molar-refractivity contribution < 1.29 is 0 Å². The second-order valence-electron chi connectivity index (χ2n) is 3.10. The van der Waals surface area contributed by atoms with Crippen molar-refractivity contribution in [3.8, 4) is 0 Å². The first-order chi connectivity index (χ1) is 4.23. The molecule has 0 aromatic carbocycles. The summed E-state index contributed by atoms with van der Waals surface area (Å²) >= 11 is 0. The Labute approximate surface area is 57.2 Å². The molecule has 9 heavy (non-hydrogen) atoms. The summed E-state index contributed by atoms with van der Waals surface area (Å²) in [6, 6.07) is 0.576. The van der Waals surface area contributed by atoms with Gasteiger partial charge < -0.3 is 0 Å². The topological polar surface area (TPSA) is 12.4 Å².